The summed E-state index contributed by atoms with van der Waals surface area (Å²) in [4.78, 5) is 22.4. The Hall–Kier alpha value is -1.36. The number of halogens is 1. The van der Waals surface area contributed by atoms with Crippen molar-refractivity contribution in [1.29, 1.82) is 0 Å². The third-order valence-electron chi connectivity index (χ3n) is 2.59. The fourth-order valence-electron chi connectivity index (χ4n) is 1.46. The Balaban J connectivity index is 2.58. The SMILES string of the molecule is CCCCNC(=O)C(C)Oc1ccc(C=O)cc1Br. The average molecular weight is 328 g/mol. The van der Waals surface area contributed by atoms with E-state index in [0.717, 1.165) is 19.1 Å². The van der Waals surface area contributed by atoms with Gasteiger partial charge in [0.2, 0.25) is 0 Å². The van der Waals surface area contributed by atoms with E-state index in [0.29, 0.717) is 22.3 Å². The summed E-state index contributed by atoms with van der Waals surface area (Å²) in [5.74, 6) is 0.406. The molecule has 1 amide bonds. The molecule has 1 N–H and O–H groups in total. The number of benzene rings is 1. The molecule has 0 radical (unpaired) electrons. The summed E-state index contributed by atoms with van der Waals surface area (Å²) < 4.78 is 6.22. The van der Waals surface area contributed by atoms with Gasteiger partial charge >= 0.3 is 0 Å². The lowest BCUT2D eigenvalue weighted by molar-refractivity contribution is -0.127. The van der Waals surface area contributed by atoms with Gasteiger partial charge in [0, 0.05) is 12.1 Å². The van der Waals surface area contributed by atoms with Crippen molar-refractivity contribution in [3.63, 3.8) is 0 Å². The first-order valence-electron chi connectivity index (χ1n) is 6.27. The third-order valence-corrected chi connectivity index (χ3v) is 3.21. The highest BCUT2D eigenvalue weighted by atomic mass is 79.9. The van der Waals surface area contributed by atoms with E-state index in [1.54, 1.807) is 25.1 Å². The van der Waals surface area contributed by atoms with Gasteiger partial charge in [-0.15, -0.1) is 0 Å². The fraction of sp³-hybridized carbons (Fsp3) is 0.429. The lowest BCUT2D eigenvalue weighted by Gasteiger charge is -2.15. The number of amides is 1. The summed E-state index contributed by atoms with van der Waals surface area (Å²) in [6.07, 6.45) is 2.18. The molecule has 0 aliphatic heterocycles. The van der Waals surface area contributed by atoms with Gasteiger partial charge in [-0.25, -0.2) is 0 Å². The van der Waals surface area contributed by atoms with E-state index in [1.807, 2.05) is 0 Å². The van der Waals surface area contributed by atoms with Gasteiger partial charge in [0.25, 0.3) is 5.91 Å². The van der Waals surface area contributed by atoms with Gasteiger partial charge in [-0.05, 0) is 47.5 Å². The van der Waals surface area contributed by atoms with Crippen LogP contribution in [-0.4, -0.2) is 24.8 Å². The van der Waals surface area contributed by atoms with Crippen molar-refractivity contribution in [2.24, 2.45) is 0 Å². The minimum Gasteiger partial charge on any atom is -0.480 e. The zero-order valence-corrected chi connectivity index (χ0v) is 12.7. The molecule has 19 heavy (non-hydrogen) atoms. The second kappa shape index (κ2) is 7.94. The Bertz CT molecular complexity index is 448. The first kappa shape index (κ1) is 15.7. The highest BCUT2D eigenvalue weighted by Gasteiger charge is 2.15. The van der Waals surface area contributed by atoms with E-state index in [4.69, 9.17) is 4.74 Å². The number of carbonyl (C=O) groups excluding carboxylic acids is 2. The fourth-order valence-corrected chi connectivity index (χ4v) is 1.95. The molecule has 0 heterocycles. The van der Waals surface area contributed by atoms with E-state index < -0.39 is 6.10 Å². The number of unbranched alkanes of at least 4 members (excludes halogenated alkanes) is 1. The Labute approximate surface area is 121 Å². The zero-order chi connectivity index (χ0) is 14.3. The number of aldehydes is 1. The maximum absolute atomic E-state index is 11.7. The van der Waals surface area contributed by atoms with E-state index in [1.165, 1.54) is 0 Å². The molecule has 0 aromatic heterocycles. The van der Waals surface area contributed by atoms with Crippen LogP contribution in [0.1, 0.15) is 37.0 Å². The van der Waals surface area contributed by atoms with Crippen LogP contribution in [0.3, 0.4) is 0 Å². The predicted octanol–water partition coefficient (Wildman–Crippen LogP) is 2.95. The lowest BCUT2D eigenvalue weighted by atomic mass is 10.2. The maximum Gasteiger partial charge on any atom is 0.260 e. The van der Waals surface area contributed by atoms with Crippen LogP contribution in [0.4, 0.5) is 0 Å². The van der Waals surface area contributed by atoms with Gasteiger partial charge in [-0.3, -0.25) is 9.59 Å². The molecule has 0 fully saturated rings. The minimum absolute atomic E-state index is 0.139. The second-order valence-corrected chi connectivity index (χ2v) is 5.07. The molecule has 0 spiro atoms. The van der Waals surface area contributed by atoms with Crippen LogP contribution in [-0.2, 0) is 4.79 Å². The number of ether oxygens (including phenoxy) is 1. The van der Waals surface area contributed by atoms with Crippen LogP contribution in [0, 0.1) is 0 Å². The van der Waals surface area contributed by atoms with Gasteiger partial charge in [0.15, 0.2) is 6.10 Å². The van der Waals surface area contributed by atoms with Crippen LogP contribution in [0.15, 0.2) is 22.7 Å². The first-order chi connectivity index (χ1) is 9.08. The molecule has 104 valence electrons. The van der Waals surface area contributed by atoms with E-state index >= 15 is 0 Å². The molecule has 0 aliphatic carbocycles. The predicted molar refractivity (Wildman–Crippen MR) is 77.5 cm³/mol. The highest BCUT2D eigenvalue weighted by molar-refractivity contribution is 9.10. The summed E-state index contributed by atoms with van der Waals surface area (Å²) >= 11 is 3.31. The molecule has 0 bridgehead atoms. The van der Waals surface area contributed by atoms with Gasteiger partial charge in [-0.1, -0.05) is 13.3 Å². The standard InChI is InChI=1S/C14H18BrNO3/c1-3-4-7-16-14(18)10(2)19-13-6-5-11(9-17)8-12(13)15/h5-6,8-10H,3-4,7H2,1-2H3,(H,16,18). The Morgan fingerprint density at radius 3 is 2.84 bits per heavy atom. The molecule has 5 heteroatoms. The van der Waals surface area contributed by atoms with Crippen LogP contribution >= 0.6 is 15.9 Å². The number of carbonyl (C=O) groups is 2. The summed E-state index contributed by atoms with van der Waals surface area (Å²) in [6, 6.07) is 4.97. The van der Waals surface area contributed by atoms with Gasteiger partial charge < -0.3 is 10.1 Å². The molecular formula is C14H18BrNO3. The van der Waals surface area contributed by atoms with E-state index in [2.05, 4.69) is 28.2 Å². The number of rotatable bonds is 7. The van der Waals surface area contributed by atoms with Crippen molar-refractivity contribution in [1.82, 2.24) is 5.32 Å². The normalized spacial score (nSPS) is 11.7. The zero-order valence-electron chi connectivity index (χ0n) is 11.1. The Kier molecular flexibility index (Phi) is 6.56. The molecule has 4 nitrogen and oxygen atoms in total. The molecule has 1 aromatic carbocycles. The van der Waals surface area contributed by atoms with Gasteiger partial charge in [0.05, 0.1) is 4.47 Å². The molecule has 1 aromatic rings. The van der Waals surface area contributed by atoms with Crippen LogP contribution < -0.4 is 10.1 Å². The van der Waals surface area contributed by atoms with Crippen molar-refractivity contribution in [2.75, 3.05) is 6.54 Å². The van der Waals surface area contributed by atoms with Crippen LogP contribution in [0.25, 0.3) is 0 Å². The first-order valence-corrected chi connectivity index (χ1v) is 7.07. The quantitative estimate of drug-likeness (QED) is 0.618. The second-order valence-electron chi connectivity index (χ2n) is 4.21. The van der Waals surface area contributed by atoms with Crippen molar-refractivity contribution in [3.05, 3.63) is 28.2 Å². The molecule has 0 aliphatic rings. The van der Waals surface area contributed by atoms with E-state index in [-0.39, 0.29) is 5.91 Å². The highest BCUT2D eigenvalue weighted by Crippen LogP contribution is 2.26. The lowest BCUT2D eigenvalue weighted by Crippen LogP contribution is -2.36. The molecule has 0 saturated carbocycles. The summed E-state index contributed by atoms with van der Waals surface area (Å²) in [7, 11) is 0. The Morgan fingerprint density at radius 1 is 1.53 bits per heavy atom. The largest absolute Gasteiger partial charge is 0.480 e. The van der Waals surface area contributed by atoms with E-state index in [9.17, 15) is 9.59 Å². The number of nitrogens with one attached hydrogen (secondary N) is 1. The van der Waals surface area contributed by atoms with Crippen LogP contribution in [0.5, 0.6) is 5.75 Å². The van der Waals surface area contributed by atoms with Crippen molar-refractivity contribution < 1.29 is 14.3 Å². The summed E-state index contributed by atoms with van der Waals surface area (Å²) in [5, 5.41) is 2.81. The molecule has 0 saturated heterocycles. The monoisotopic (exact) mass is 327 g/mol. The van der Waals surface area contributed by atoms with Crippen LogP contribution in [0.2, 0.25) is 0 Å². The average Bonchev–Trinajstić information content (AvgIpc) is 2.41. The maximum atomic E-state index is 11.7. The molecule has 1 atom stereocenters. The smallest absolute Gasteiger partial charge is 0.260 e. The third kappa shape index (κ3) is 5.03. The molecule has 1 unspecified atom stereocenters. The molecule has 1 rings (SSSR count). The van der Waals surface area contributed by atoms with Gasteiger partial charge in [0.1, 0.15) is 12.0 Å². The minimum atomic E-state index is -0.574. The van der Waals surface area contributed by atoms with Gasteiger partial charge in [-0.2, -0.15) is 0 Å². The topological polar surface area (TPSA) is 55.4 Å². The van der Waals surface area contributed by atoms with Crippen molar-refractivity contribution >= 4 is 28.1 Å². The molecular weight excluding hydrogens is 310 g/mol. The Morgan fingerprint density at radius 2 is 2.26 bits per heavy atom. The van der Waals surface area contributed by atoms with Crippen molar-refractivity contribution in [3.8, 4) is 5.75 Å². The number of hydrogen-bond donors (Lipinski definition) is 1. The summed E-state index contributed by atoms with van der Waals surface area (Å²) in [5.41, 5.74) is 0.555. The summed E-state index contributed by atoms with van der Waals surface area (Å²) in [6.45, 7) is 4.42. The van der Waals surface area contributed by atoms with Crippen molar-refractivity contribution in [2.45, 2.75) is 32.8 Å². The number of hydrogen-bond acceptors (Lipinski definition) is 3.